The van der Waals surface area contributed by atoms with E-state index in [1.807, 2.05) is 53.4 Å². The fourth-order valence-electron chi connectivity index (χ4n) is 4.10. The van der Waals surface area contributed by atoms with E-state index >= 15 is 0 Å². The number of hydrogen-bond acceptors (Lipinski definition) is 3. The molecule has 2 amide bonds. The van der Waals surface area contributed by atoms with E-state index < -0.39 is 0 Å². The standard InChI is InChI=1S/C22H24ClN3O2/c23-18-6-3-5-16(13-18)20-14-24-10-11-26(20)21(27)9-8-17-12-15-4-1-2-7-19(15)25-22(17)28/h1-7,13,17,20,24H,8-12,14H2,(H,25,28). The number of nitrogens with one attached hydrogen (secondary N) is 2. The number of carbonyl (C=O) groups excluding carboxylic acids is 2. The summed E-state index contributed by atoms with van der Waals surface area (Å²) in [6, 6.07) is 15.5. The van der Waals surface area contributed by atoms with Crippen molar-refractivity contribution >= 4 is 29.1 Å². The van der Waals surface area contributed by atoms with Crippen LogP contribution < -0.4 is 10.6 Å². The average Bonchev–Trinajstić information content (AvgIpc) is 2.72. The second kappa shape index (κ2) is 8.33. The number of hydrogen-bond donors (Lipinski definition) is 2. The molecule has 4 rings (SSSR count). The van der Waals surface area contributed by atoms with Crippen molar-refractivity contribution in [2.45, 2.75) is 25.3 Å². The predicted octanol–water partition coefficient (Wildman–Crippen LogP) is 3.40. The topological polar surface area (TPSA) is 61.4 Å². The molecule has 2 N–H and O–H groups in total. The van der Waals surface area contributed by atoms with Crippen LogP contribution in [0.2, 0.25) is 5.02 Å². The SMILES string of the molecule is O=C1Nc2ccccc2CC1CCC(=O)N1CCNCC1c1cccc(Cl)c1. The van der Waals surface area contributed by atoms with Gasteiger partial charge in [0, 0.05) is 42.7 Å². The number of rotatable bonds is 4. The van der Waals surface area contributed by atoms with Crippen LogP contribution in [0.3, 0.4) is 0 Å². The number of amides is 2. The summed E-state index contributed by atoms with van der Waals surface area (Å²) < 4.78 is 0. The maximum absolute atomic E-state index is 13.0. The lowest BCUT2D eigenvalue weighted by Crippen LogP contribution is -2.48. The Morgan fingerprint density at radius 2 is 2.04 bits per heavy atom. The van der Waals surface area contributed by atoms with Gasteiger partial charge in [0.05, 0.1) is 6.04 Å². The molecule has 2 aromatic rings. The molecule has 0 spiro atoms. The molecule has 2 aliphatic rings. The molecule has 2 heterocycles. The van der Waals surface area contributed by atoms with Crippen LogP contribution in [0.1, 0.15) is 30.0 Å². The zero-order valence-corrected chi connectivity index (χ0v) is 16.4. The average molecular weight is 398 g/mol. The first-order valence-corrected chi connectivity index (χ1v) is 10.1. The summed E-state index contributed by atoms with van der Waals surface area (Å²) in [6.45, 7) is 2.15. The van der Waals surface area contributed by atoms with Gasteiger partial charge in [-0.1, -0.05) is 41.9 Å². The minimum Gasteiger partial charge on any atom is -0.333 e. The third kappa shape index (κ3) is 4.05. The van der Waals surface area contributed by atoms with Gasteiger partial charge in [0.15, 0.2) is 0 Å². The van der Waals surface area contributed by atoms with Crippen LogP contribution in [0.4, 0.5) is 5.69 Å². The molecule has 1 fully saturated rings. The Balaban J connectivity index is 1.42. The van der Waals surface area contributed by atoms with Crippen LogP contribution in [0.25, 0.3) is 0 Å². The van der Waals surface area contributed by atoms with Crippen LogP contribution in [0.15, 0.2) is 48.5 Å². The molecule has 28 heavy (non-hydrogen) atoms. The second-order valence-corrected chi connectivity index (χ2v) is 7.88. The number of piperazine rings is 1. The van der Waals surface area contributed by atoms with Gasteiger partial charge in [0.25, 0.3) is 0 Å². The van der Waals surface area contributed by atoms with Gasteiger partial charge >= 0.3 is 0 Å². The highest BCUT2D eigenvalue weighted by molar-refractivity contribution is 6.30. The molecule has 5 nitrogen and oxygen atoms in total. The summed E-state index contributed by atoms with van der Waals surface area (Å²) in [5.41, 5.74) is 3.06. The Morgan fingerprint density at radius 1 is 1.18 bits per heavy atom. The normalized spacial score (nSPS) is 21.8. The van der Waals surface area contributed by atoms with Gasteiger partial charge in [-0.05, 0) is 42.2 Å². The molecule has 0 radical (unpaired) electrons. The fourth-order valence-corrected chi connectivity index (χ4v) is 4.30. The third-order valence-electron chi connectivity index (χ3n) is 5.62. The summed E-state index contributed by atoms with van der Waals surface area (Å²) >= 11 is 6.14. The largest absolute Gasteiger partial charge is 0.333 e. The molecule has 0 saturated carbocycles. The minimum absolute atomic E-state index is 0.0122. The van der Waals surface area contributed by atoms with E-state index in [1.54, 1.807) is 0 Å². The molecule has 0 aliphatic carbocycles. The van der Waals surface area contributed by atoms with Crippen LogP contribution in [0, 0.1) is 5.92 Å². The van der Waals surface area contributed by atoms with Crippen LogP contribution in [-0.2, 0) is 16.0 Å². The molecular weight excluding hydrogens is 374 g/mol. The molecule has 6 heteroatoms. The quantitative estimate of drug-likeness (QED) is 0.831. The molecule has 2 atom stereocenters. The summed E-state index contributed by atoms with van der Waals surface area (Å²) in [7, 11) is 0. The van der Waals surface area contributed by atoms with E-state index in [9.17, 15) is 9.59 Å². The molecule has 146 valence electrons. The smallest absolute Gasteiger partial charge is 0.227 e. The Kier molecular flexibility index (Phi) is 5.64. The van der Waals surface area contributed by atoms with Crippen molar-refractivity contribution in [3.8, 4) is 0 Å². The van der Waals surface area contributed by atoms with Crippen LogP contribution in [0.5, 0.6) is 0 Å². The van der Waals surface area contributed by atoms with Gasteiger partial charge < -0.3 is 15.5 Å². The van der Waals surface area contributed by atoms with E-state index in [1.165, 1.54) is 0 Å². The van der Waals surface area contributed by atoms with Crippen molar-refractivity contribution in [2.24, 2.45) is 5.92 Å². The lowest BCUT2D eigenvalue weighted by molar-refractivity contribution is -0.135. The number of carbonyl (C=O) groups is 2. The number of fused-ring (bicyclic) bond motifs is 1. The van der Waals surface area contributed by atoms with Gasteiger partial charge in [-0.25, -0.2) is 0 Å². The molecule has 0 bridgehead atoms. The molecular formula is C22H24ClN3O2. The van der Waals surface area contributed by atoms with E-state index in [2.05, 4.69) is 10.6 Å². The van der Waals surface area contributed by atoms with Crippen molar-refractivity contribution in [2.75, 3.05) is 25.0 Å². The Hall–Kier alpha value is -2.37. The van der Waals surface area contributed by atoms with Crippen molar-refractivity contribution in [3.05, 3.63) is 64.7 Å². The first-order chi connectivity index (χ1) is 13.6. The highest BCUT2D eigenvalue weighted by Crippen LogP contribution is 2.29. The Morgan fingerprint density at radius 3 is 2.89 bits per heavy atom. The lowest BCUT2D eigenvalue weighted by atomic mass is 9.89. The van der Waals surface area contributed by atoms with E-state index in [0.717, 1.165) is 23.4 Å². The molecule has 0 aromatic heterocycles. The third-order valence-corrected chi connectivity index (χ3v) is 5.85. The van der Waals surface area contributed by atoms with Crippen LogP contribution in [-0.4, -0.2) is 36.3 Å². The molecule has 1 saturated heterocycles. The number of benzene rings is 2. The van der Waals surface area contributed by atoms with Gasteiger partial charge in [0.2, 0.25) is 11.8 Å². The fraction of sp³-hybridized carbons (Fsp3) is 0.364. The highest BCUT2D eigenvalue weighted by atomic mass is 35.5. The highest BCUT2D eigenvalue weighted by Gasteiger charge is 2.30. The molecule has 2 unspecified atom stereocenters. The van der Waals surface area contributed by atoms with Gasteiger partial charge in [-0.2, -0.15) is 0 Å². The summed E-state index contributed by atoms with van der Waals surface area (Å²) in [5, 5.41) is 7.00. The number of halogens is 1. The van der Waals surface area contributed by atoms with E-state index in [0.29, 0.717) is 37.4 Å². The van der Waals surface area contributed by atoms with Gasteiger partial charge in [-0.15, -0.1) is 0 Å². The monoisotopic (exact) mass is 397 g/mol. The van der Waals surface area contributed by atoms with Crippen molar-refractivity contribution in [3.63, 3.8) is 0 Å². The maximum Gasteiger partial charge on any atom is 0.227 e. The van der Waals surface area contributed by atoms with Crippen molar-refractivity contribution in [1.82, 2.24) is 10.2 Å². The first-order valence-electron chi connectivity index (χ1n) is 9.76. The number of para-hydroxylation sites is 1. The zero-order valence-electron chi connectivity index (χ0n) is 15.7. The Labute approximate surface area is 170 Å². The zero-order chi connectivity index (χ0) is 19.5. The van der Waals surface area contributed by atoms with Gasteiger partial charge in [0.1, 0.15) is 0 Å². The summed E-state index contributed by atoms with van der Waals surface area (Å²) in [5.74, 6) is -0.0530. The number of anilines is 1. The van der Waals surface area contributed by atoms with E-state index in [4.69, 9.17) is 11.6 Å². The minimum atomic E-state index is -0.161. The Bertz CT molecular complexity index is 886. The molecule has 2 aliphatic heterocycles. The predicted molar refractivity (Wildman–Crippen MR) is 110 cm³/mol. The van der Waals surface area contributed by atoms with Crippen molar-refractivity contribution < 1.29 is 9.59 Å². The molecule has 2 aromatic carbocycles. The van der Waals surface area contributed by atoms with Gasteiger partial charge in [-0.3, -0.25) is 9.59 Å². The van der Waals surface area contributed by atoms with Crippen molar-refractivity contribution in [1.29, 1.82) is 0 Å². The summed E-state index contributed by atoms with van der Waals surface area (Å²) in [6.07, 6.45) is 1.62. The second-order valence-electron chi connectivity index (χ2n) is 7.45. The summed E-state index contributed by atoms with van der Waals surface area (Å²) in [4.78, 5) is 27.3. The lowest BCUT2D eigenvalue weighted by Gasteiger charge is -2.37. The van der Waals surface area contributed by atoms with E-state index in [-0.39, 0.29) is 23.8 Å². The number of nitrogens with zero attached hydrogens (tertiary/aromatic N) is 1. The first kappa shape index (κ1) is 19.0. The maximum atomic E-state index is 13.0. The van der Waals surface area contributed by atoms with Crippen LogP contribution >= 0.6 is 11.6 Å².